The van der Waals surface area contributed by atoms with Crippen LogP contribution in [0.25, 0.3) is 10.8 Å². The van der Waals surface area contributed by atoms with Gasteiger partial charge in [-0.15, -0.1) is 0 Å². The van der Waals surface area contributed by atoms with Crippen LogP contribution in [0.4, 0.5) is 5.69 Å². The van der Waals surface area contributed by atoms with Crippen LogP contribution in [-0.2, 0) is 0 Å². The Labute approximate surface area is 149 Å². The number of nitrogens with two attached hydrogens (primary N) is 1. The van der Waals surface area contributed by atoms with Crippen molar-refractivity contribution in [2.24, 2.45) is 0 Å². The van der Waals surface area contributed by atoms with Gasteiger partial charge in [0, 0.05) is 33.6 Å². The second-order valence-corrected chi connectivity index (χ2v) is 6.43. The van der Waals surface area contributed by atoms with Gasteiger partial charge in [-0.05, 0) is 36.0 Å². The zero-order valence-electron chi connectivity index (χ0n) is 13.3. The van der Waals surface area contributed by atoms with E-state index in [4.69, 9.17) is 10.5 Å². The number of ether oxygens (including phenoxy) is 1. The molecule has 1 aromatic heterocycles. The van der Waals surface area contributed by atoms with Crippen LogP contribution in [-0.4, -0.2) is 9.97 Å². The maximum absolute atomic E-state index is 6.04. The van der Waals surface area contributed by atoms with E-state index >= 15 is 0 Å². The predicted octanol–water partition coefficient (Wildman–Crippen LogP) is 5.16. The second-order valence-electron chi connectivity index (χ2n) is 5.39. The van der Waals surface area contributed by atoms with Crippen molar-refractivity contribution >= 4 is 28.2 Å². The summed E-state index contributed by atoms with van der Waals surface area (Å²) in [5.41, 5.74) is 6.77. The van der Waals surface area contributed by atoms with Gasteiger partial charge >= 0.3 is 0 Å². The van der Waals surface area contributed by atoms with Crippen molar-refractivity contribution < 1.29 is 4.74 Å². The Morgan fingerprint density at radius 1 is 0.800 bits per heavy atom. The number of nitrogen functional groups attached to an aromatic ring is 1. The topological polar surface area (TPSA) is 61.0 Å². The van der Waals surface area contributed by atoms with Crippen LogP contribution in [0.5, 0.6) is 11.6 Å². The highest BCUT2D eigenvalue weighted by molar-refractivity contribution is 7.99. The van der Waals surface area contributed by atoms with Crippen LogP contribution in [0.15, 0.2) is 89.0 Å². The molecule has 0 aliphatic heterocycles. The van der Waals surface area contributed by atoms with Crippen LogP contribution in [0.2, 0.25) is 0 Å². The first-order valence-corrected chi connectivity index (χ1v) is 8.62. The molecule has 4 rings (SSSR count). The molecule has 0 saturated heterocycles. The first kappa shape index (κ1) is 15.5. The average molecular weight is 345 g/mol. The van der Waals surface area contributed by atoms with Crippen molar-refractivity contribution in [1.82, 2.24) is 9.97 Å². The van der Waals surface area contributed by atoms with E-state index in [9.17, 15) is 0 Å². The Kier molecular flexibility index (Phi) is 4.23. The van der Waals surface area contributed by atoms with Crippen molar-refractivity contribution in [3.05, 3.63) is 79.0 Å². The minimum atomic E-state index is 0.503. The van der Waals surface area contributed by atoms with Gasteiger partial charge in [0.15, 0.2) is 5.16 Å². The Morgan fingerprint density at radius 2 is 1.56 bits per heavy atom. The van der Waals surface area contributed by atoms with Gasteiger partial charge in [-0.1, -0.05) is 42.5 Å². The summed E-state index contributed by atoms with van der Waals surface area (Å²) in [4.78, 5) is 9.88. The lowest BCUT2D eigenvalue weighted by Gasteiger charge is -2.10. The molecule has 0 aliphatic rings. The number of hydrogen-bond acceptors (Lipinski definition) is 5. The molecule has 0 fully saturated rings. The molecule has 25 heavy (non-hydrogen) atoms. The van der Waals surface area contributed by atoms with Crippen LogP contribution in [0.3, 0.4) is 0 Å². The van der Waals surface area contributed by atoms with E-state index in [2.05, 4.69) is 9.97 Å². The van der Waals surface area contributed by atoms with Crippen LogP contribution in [0, 0.1) is 0 Å². The molecule has 0 saturated carbocycles. The largest absolute Gasteiger partial charge is 0.438 e. The summed E-state index contributed by atoms with van der Waals surface area (Å²) in [5.74, 6) is 1.22. The monoisotopic (exact) mass is 345 g/mol. The fourth-order valence-corrected chi connectivity index (χ4v) is 3.27. The third-order valence-corrected chi connectivity index (χ3v) is 4.58. The summed E-state index contributed by atoms with van der Waals surface area (Å²) in [6.45, 7) is 0. The minimum Gasteiger partial charge on any atom is -0.438 e. The molecule has 4 nitrogen and oxygen atoms in total. The number of hydrogen-bond donors (Lipinski definition) is 1. The number of fused-ring (bicyclic) bond motifs is 1. The maximum atomic E-state index is 6.04. The van der Waals surface area contributed by atoms with E-state index in [1.807, 2.05) is 66.7 Å². The number of rotatable bonds is 4. The van der Waals surface area contributed by atoms with E-state index in [1.54, 1.807) is 12.3 Å². The van der Waals surface area contributed by atoms with Gasteiger partial charge in [0.2, 0.25) is 5.88 Å². The number of nitrogens with zero attached hydrogens (tertiary/aromatic N) is 2. The number of aromatic nitrogens is 2. The second kappa shape index (κ2) is 6.83. The first-order valence-electron chi connectivity index (χ1n) is 7.80. The SMILES string of the molecule is Nc1ccc(Oc2ccnc(Sc3ccccc3)n2)c2ccccc12. The molecule has 0 amide bonds. The van der Waals surface area contributed by atoms with E-state index in [-0.39, 0.29) is 0 Å². The Bertz CT molecular complexity index is 1020. The average Bonchev–Trinajstić information content (AvgIpc) is 2.65. The highest BCUT2D eigenvalue weighted by Gasteiger charge is 2.08. The molecule has 1 heterocycles. The third-order valence-electron chi connectivity index (χ3n) is 3.69. The zero-order chi connectivity index (χ0) is 17.1. The van der Waals surface area contributed by atoms with Crippen molar-refractivity contribution in [3.63, 3.8) is 0 Å². The molecule has 0 aliphatic carbocycles. The lowest BCUT2D eigenvalue weighted by molar-refractivity contribution is 0.460. The molecule has 3 aromatic carbocycles. The maximum Gasteiger partial charge on any atom is 0.223 e. The summed E-state index contributed by atoms with van der Waals surface area (Å²) in [6.07, 6.45) is 1.70. The van der Waals surface area contributed by atoms with Crippen molar-refractivity contribution in [2.45, 2.75) is 10.1 Å². The van der Waals surface area contributed by atoms with Crippen LogP contribution < -0.4 is 10.5 Å². The third kappa shape index (κ3) is 3.41. The van der Waals surface area contributed by atoms with Gasteiger partial charge in [0.1, 0.15) is 5.75 Å². The minimum absolute atomic E-state index is 0.503. The summed E-state index contributed by atoms with van der Waals surface area (Å²) >= 11 is 1.50. The van der Waals surface area contributed by atoms with Gasteiger partial charge < -0.3 is 10.5 Å². The highest BCUT2D eigenvalue weighted by atomic mass is 32.2. The molecular weight excluding hydrogens is 330 g/mol. The van der Waals surface area contributed by atoms with Crippen molar-refractivity contribution in [3.8, 4) is 11.6 Å². The molecule has 0 unspecified atom stereocenters. The molecule has 122 valence electrons. The summed E-state index contributed by atoms with van der Waals surface area (Å²) in [7, 11) is 0. The van der Waals surface area contributed by atoms with Gasteiger partial charge in [-0.3, -0.25) is 0 Å². The van der Waals surface area contributed by atoms with E-state index in [1.165, 1.54) is 11.8 Å². The van der Waals surface area contributed by atoms with Gasteiger partial charge in [0.25, 0.3) is 0 Å². The zero-order valence-corrected chi connectivity index (χ0v) is 14.1. The molecule has 2 N–H and O–H groups in total. The lowest BCUT2D eigenvalue weighted by atomic mass is 10.1. The van der Waals surface area contributed by atoms with Gasteiger partial charge in [0.05, 0.1) is 0 Å². The first-order chi connectivity index (χ1) is 12.3. The van der Waals surface area contributed by atoms with Crippen molar-refractivity contribution in [1.29, 1.82) is 0 Å². The Morgan fingerprint density at radius 3 is 2.40 bits per heavy atom. The standard InChI is InChI=1S/C20H15N3OS/c21-17-10-11-18(16-9-5-4-8-15(16)17)24-19-12-13-22-20(23-19)25-14-6-2-1-3-7-14/h1-13H,21H2. The van der Waals surface area contributed by atoms with Gasteiger partial charge in [-0.25, -0.2) is 4.98 Å². The van der Waals surface area contributed by atoms with E-state index < -0.39 is 0 Å². The number of benzene rings is 3. The molecule has 4 aromatic rings. The summed E-state index contributed by atoms with van der Waals surface area (Å²) < 4.78 is 6.00. The summed E-state index contributed by atoms with van der Waals surface area (Å²) in [6, 6.07) is 23.4. The normalized spacial score (nSPS) is 10.7. The number of anilines is 1. The molecule has 5 heteroatoms. The van der Waals surface area contributed by atoms with E-state index in [0.717, 1.165) is 27.1 Å². The van der Waals surface area contributed by atoms with Crippen LogP contribution >= 0.6 is 11.8 Å². The smallest absolute Gasteiger partial charge is 0.223 e. The molecular formula is C20H15N3OS. The molecule has 0 spiro atoms. The fourth-order valence-electron chi connectivity index (χ4n) is 2.52. The Balaban J connectivity index is 1.64. The summed E-state index contributed by atoms with van der Waals surface area (Å²) in [5, 5.41) is 2.56. The van der Waals surface area contributed by atoms with E-state index in [0.29, 0.717) is 11.0 Å². The quantitative estimate of drug-likeness (QED) is 0.409. The van der Waals surface area contributed by atoms with Crippen molar-refractivity contribution in [2.75, 3.05) is 5.73 Å². The molecule has 0 atom stereocenters. The molecule has 0 radical (unpaired) electrons. The molecule has 0 bridgehead atoms. The van der Waals surface area contributed by atoms with Gasteiger partial charge in [-0.2, -0.15) is 4.98 Å². The Hall–Kier alpha value is -3.05. The predicted molar refractivity (Wildman–Crippen MR) is 101 cm³/mol. The highest BCUT2D eigenvalue weighted by Crippen LogP contribution is 2.33. The lowest BCUT2D eigenvalue weighted by Crippen LogP contribution is -1.94. The van der Waals surface area contributed by atoms with Crippen LogP contribution in [0.1, 0.15) is 0 Å². The fraction of sp³-hybridized carbons (Fsp3) is 0.